The quantitative estimate of drug-likeness (QED) is 0.911. The van der Waals surface area contributed by atoms with Gasteiger partial charge in [0.1, 0.15) is 11.6 Å². The number of fused-ring (bicyclic) bond motifs is 1. The molecule has 0 unspecified atom stereocenters. The second-order valence-corrected chi connectivity index (χ2v) is 4.33. The Morgan fingerprint density at radius 1 is 1.41 bits per heavy atom. The number of carbonyl (C=O) groups is 2. The summed E-state index contributed by atoms with van der Waals surface area (Å²) >= 11 is 3.26. The molecule has 1 aromatic heterocycles. The van der Waals surface area contributed by atoms with Crippen molar-refractivity contribution < 1.29 is 19.1 Å². The highest BCUT2D eigenvalue weighted by Gasteiger charge is 2.16. The van der Waals surface area contributed by atoms with Crippen molar-refractivity contribution in [3.05, 3.63) is 28.4 Å². The number of carboxylic acids is 1. The maximum atomic E-state index is 11.0. The van der Waals surface area contributed by atoms with Crippen molar-refractivity contribution in [1.29, 1.82) is 0 Å². The van der Waals surface area contributed by atoms with Gasteiger partial charge in [0.15, 0.2) is 5.76 Å². The standard InChI is InChI=1S/C11H8BrNO4/c1-5(14)13-9-7-4-6(12)2-3-8(7)17-10(9)11(15)16/h2-4H,1H3,(H,13,14)(H,15,16)/p-1. The molecule has 17 heavy (non-hydrogen) atoms. The number of rotatable bonds is 2. The fourth-order valence-corrected chi connectivity index (χ4v) is 1.87. The molecule has 0 bridgehead atoms. The molecular weight excluding hydrogens is 290 g/mol. The predicted molar refractivity (Wildman–Crippen MR) is 62.5 cm³/mol. The zero-order valence-electron chi connectivity index (χ0n) is 8.74. The molecule has 2 rings (SSSR count). The van der Waals surface area contributed by atoms with E-state index in [2.05, 4.69) is 21.2 Å². The molecule has 1 N–H and O–H groups in total. The van der Waals surface area contributed by atoms with E-state index < -0.39 is 5.97 Å². The summed E-state index contributed by atoms with van der Waals surface area (Å²) in [6, 6.07) is 4.98. The molecule has 6 heteroatoms. The SMILES string of the molecule is CC(=O)Nc1c(C(=O)[O-])oc2ccc(Br)cc12. The largest absolute Gasteiger partial charge is 0.541 e. The minimum atomic E-state index is -1.47. The fraction of sp³-hybridized carbons (Fsp3) is 0.0909. The summed E-state index contributed by atoms with van der Waals surface area (Å²) in [7, 11) is 0. The molecule has 0 saturated carbocycles. The Kier molecular flexibility index (Phi) is 2.89. The predicted octanol–water partition coefficient (Wildman–Crippen LogP) is 1.52. The van der Waals surface area contributed by atoms with Crippen LogP contribution >= 0.6 is 15.9 Å². The summed E-state index contributed by atoms with van der Waals surface area (Å²) in [6.07, 6.45) is 0. The molecule has 5 nitrogen and oxygen atoms in total. The van der Waals surface area contributed by atoms with Crippen molar-refractivity contribution >= 4 is 44.5 Å². The third kappa shape index (κ3) is 2.16. The Morgan fingerprint density at radius 2 is 2.12 bits per heavy atom. The van der Waals surface area contributed by atoms with Gasteiger partial charge in [-0.1, -0.05) is 15.9 Å². The number of carbonyl (C=O) groups excluding carboxylic acids is 2. The maximum absolute atomic E-state index is 11.0. The Hall–Kier alpha value is -1.82. The van der Waals surface area contributed by atoms with Crippen LogP contribution in [-0.2, 0) is 4.79 Å². The van der Waals surface area contributed by atoms with Crippen molar-refractivity contribution in [2.24, 2.45) is 0 Å². The molecule has 0 saturated heterocycles. The Labute approximate surface area is 105 Å². The van der Waals surface area contributed by atoms with Crippen molar-refractivity contribution in [3.8, 4) is 0 Å². The smallest absolute Gasteiger partial charge is 0.221 e. The van der Waals surface area contributed by atoms with E-state index >= 15 is 0 Å². The van der Waals surface area contributed by atoms with Crippen LogP contribution in [0.4, 0.5) is 5.69 Å². The van der Waals surface area contributed by atoms with Gasteiger partial charge in [-0.25, -0.2) is 0 Å². The van der Waals surface area contributed by atoms with Crippen molar-refractivity contribution in [1.82, 2.24) is 0 Å². The third-order valence-electron chi connectivity index (χ3n) is 2.14. The molecule has 0 fully saturated rings. The molecule has 1 heterocycles. The summed E-state index contributed by atoms with van der Waals surface area (Å²) in [5, 5.41) is 13.8. The van der Waals surface area contributed by atoms with E-state index in [1.54, 1.807) is 18.2 Å². The number of hydrogen-bond donors (Lipinski definition) is 1. The van der Waals surface area contributed by atoms with E-state index in [1.807, 2.05) is 0 Å². The number of aromatic carboxylic acids is 1. The van der Waals surface area contributed by atoms with Crippen LogP contribution in [-0.4, -0.2) is 11.9 Å². The van der Waals surface area contributed by atoms with Gasteiger partial charge in [0, 0.05) is 16.8 Å². The lowest BCUT2D eigenvalue weighted by Gasteiger charge is -2.03. The van der Waals surface area contributed by atoms with Crippen LogP contribution in [0.15, 0.2) is 27.1 Å². The van der Waals surface area contributed by atoms with E-state index in [4.69, 9.17) is 4.42 Å². The number of nitrogens with one attached hydrogen (secondary N) is 1. The van der Waals surface area contributed by atoms with Gasteiger partial charge in [-0.05, 0) is 18.2 Å². The van der Waals surface area contributed by atoms with E-state index in [1.165, 1.54) is 6.92 Å². The van der Waals surface area contributed by atoms with E-state index in [0.717, 1.165) is 4.47 Å². The van der Waals surface area contributed by atoms with Crippen molar-refractivity contribution in [2.75, 3.05) is 5.32 Å². The highest BCUT2D eigenvalue weighted by Crippen LogP contribution is 2.32. The molecule has 1 aromatic carbocycles. The van der Waals surface area contributed by atoms with Gasteiger partial charge >= 0.3 is 0 Å². The van der Waals surface area contributed by atoms with E-state index in [0.29, 0.717) is 11.0 Å². The second kappa shape index (κ2) is 4.21. The van der Waals surface area contributed by atoms with Gasteiger partial charge < -0.3 is 19.6 Å². The average molecular weight is 297 g/mol. The van der Waals surface area contributed by atoms with Crippen LogP contribution in [0.5, 0.6) is 0 Å². The monoisotopic (exact) mass is 296 g/mol. The zero-order valence-corrected chi connectivity index (χ0v) is 10.3. The van der Waals surface area contributed by atoms with Gasteiger partial charge in [0.2, 0.25) is 5.91 Å². The fourth-order valence-electron chi connectivity index (χ4n) is 1.51. The Balaban J connectivity index is 2.72. The lowest BCUT2D eigenvalue weighted by atomic mass is 10.2. The summed E-state index contributed by atoms with van der Waals surface area (Å²) in [6.45, 7) is 1.29. The minimum absolute atomic E-state index is 0.119. The molecule has 0 aliphatic carbocycles. The summed E-state index contributed by atoms with van der Waals surface area (Å²) in [4.78, 5) is 21.9. The molecule has 88 valence electrons. The summed E-state index contributed by atoms with van der Waals surface area (Å²) in [5.41, 5.74) is 0.491. The van der Waals surface area contributed by atoms with Crippen LogP contribution in [0.2, 0.25) is 0 Å². The van der Waals surface area contributed by atoms with E-state index in [-0.39, 0.29) is 17.4 Å². The summed E-state index contributed by atoms with van der Waals surface area (Å²) in [5.74, 6) is -2.23. The molecule has 0 atom stereocenters. The normalized spacial score (nSPS) is 10.5. The topological polar surface area (TPSA) is 82.4 Å². The molecule has 0 aliphatic heterocycles. The van der Waals surface area contributed by atoms with Gasteiger partial charge in [0.05, 0.1) is 5.69 Å². The van der Waals surface area contributed by atoms with Crippen LogP contribution in [0, 0.1) is 0 Å². The first-order valence-electron chi connectivity index (χ1n) is 4.70. The molecule has 0 aliphatic rings. The molecular formula is C11H7BrNO4-. The number of furan rings is 1. The first-order chi connectivity index (χ1) is 7.99. The average Bonchev–Trinajstić information content (AvgIpc) is 2.56. The Morgan fingerprint density at radius 3 is 2.71 bits per heavy atom. The number of halogens is 1. The zero-order chi connectivity index (χ0) is 12.6. The maximum Gasteiger partial charge on any atom is 0.221 e. The Bertz CT molecular complexity index is 617. The first-order valence-corrected chi connectivity index (χ1v) is 5.49. The minimum Gasteiger partial charge on any atom is -0.541 e. The lowest BCUT2D eigenvalue weighted by Crippen LogP contribution is -2.23. The van der Waals surface area contributed by atoms with Crippen molar-refractivity contribution in [2.45, 2.75) is 6.92 Å². The molecule has 1 amide bonds. The van der Waals surface area contributed by atoms with Crippen molar-refractivity contribution in [3.63, 3.8) is 0 Å². The molecule has 0 spiro atoms. The van der Waals surface area contributed by atoms with Gasteiger partial charge in [-0.15, -0.1) is 0 Å². The molecule has 2 aromatic rings. The number of anilines is 1. The summed E-state index contributed by atoms with van der Waals surface area (Å²) < 4.78 is 5.87. The van der Waals surface area contributed by atoms with Gasteiger partial charge in [-0.2, -0.15) is 0 Å². The van der Waals surface area contributed by atoms with Gasteiger partial charge in [0.25, 0.3) is 0 Å². The van der Waals surface area contributed by atoms with Crippen LogP contribution in [0.25, 0.3) is 11.0 Å². The number of amides is 1. The highest BCUT2D eigenvalue weighted by molar-refractivity contribution is 9.10. The first kappa shape index (κ1) is 11.7. The number of hydrogen-bond acceptors (Lipinski definition) is 4. The third-order valence-corrected chi connectivity index (χ3v) is 2.63. The molecule has 0 radical (unpaired) electrons. The van der Waals surface area contributed by atoms with Crippen LogP contribution in [0.3, 0.4) is 0 Å². The van der Waals surface area contributed by atoms with Crippen LogP contribution < -0.4 is 10.4 Å². The van der Waals surface area contributed by atoms with Crippen LogP contribution in [0.1, 0.15) is 17.5 Å². The lowest BCUT2D eigenvalue weighted by molar-refractivity contribution is -0.256. The highest BCUT2D eigenvalue weighted by atomic mass is 79.9. The number of benzene rings is 1. The second-order valence-electron chi connectivity index (χ2n) is 3.42. The van der Waals surface area contributed by atoms with Gasteiger partial charge in [-0.3, -0.25) is 4.79 Å². The van der Waals surface area contributed by atoms with E-state index in [9.17, 15) is 14.7 Å². The number of carboxylic acid groups (broad SMARTS) is 1.